The molecule has 0 radical (unpaired) electrons. The van der Waals surface area contributed by atoms with Gasteiger partial charge in [-0.25, -0.2) is 4.79 Å². The molecule has 0 aromatic heterocycles. The van der Waals surface area contributed by atoms with Crippen molar-refractivity contribution >= 4 is 29.3 Å². The van der Waals surface area contributed by atoms with Crippen LogP contribution in [0, 0.1) is 0 Å². The molecular weight excluding hydrogens is 242 g/mol. The van der Waals surface area contributed by atoms with Crippen LogP contribution in [0.2, 0.25) is 5.02 Å². The van der Waals surface area contributed by atoms with Crippen molar-refractivity contribution in [2.24, 2.45) is 0 Å². The molecule has 1 aromatic rings. The Bertz CT molecular complexity index is 444. The topological polar surface area (TPSA) is 61.5 Å². The van der Waals surface area contributed by atoms with Gasteiger partial charge in [-0.15, -0.1) is 0 Å². The third-order valence-corrected chi connectivity index (χ3v) is 2.40. The Morgan fingerprint density at radius 3 is 2.82 bits per heavy atom. The quantitative estimate of drug-likeness (QED) is 0.511. The molecule has 4 nitrogen and oxygen atoms in total. The first kappa shape index (κ1) is 13.4. The summed E-state index contributed by atoms with van der Waals surface area (Å²) in [5, 5.41) is 0.267. The van der Waals surface area contributed by atoms with Crippen molar-refractivity contribution in [3.8, 4) is 0 Å². The van der Waals surface area contributed by atoms with Crippen LogP contribution in [0.3, 0.4) is 0 Å². The lowest BCUT2D eigenvalue weighted by Gasteiger charge is -2.06. The standard InChI is InChI=1S/C12H14ClNO3/c1-3-17-5-4-8-6-9(12(15)16-2)10(13)7-11(8)14/h4-7H,3,14H2,1-2H3. The number of hydrogen-bond donors (Lipinski definition) is 1. The van der Waals surface area contributed by atoms with Crippen molar-refractivity contribution in [1.82, 2.24) is 0 Å². The molecule has 17 heavy (non-hydrogen) atoms. The van der Waals surface area contributed by atoms with E-state index in [-0.39, 0.29) is 10.6 Å². The van der Waals surface area contributed by atoms with E-state index in [2.05, 4.69) is 4.74 Å². The van der Waals surface area contributed by atoms with Gasteiger partial charge in [0.15, 0.2) is 0 Å². The van der Waals surface area contributed by atoms with Gasteiger partial charge in [0.1, 0.15) is 0 Å². The van der Waals surface area contributed by atoms with E-state index in [0.717, 1.165) is 0 Å². The van der Waals surface area contributed by atoms with Crippen LogP contribution in [-0.4, -0.2) is 19.7 Å². The Labute approximate surface area is 105 Å². The number of rotatable bonds is 4. The predicted octanol–water partition coefficient (Wildman–Crippen LogP) is 2.72. The zero-order valence-electron chi connectivity index (χ0n) is 9.70. The minimum atomic E-state index is -0.499. The summed E-state index contributed by atoms with van der Waals surface area (Å²) < 4.78 is 9.68. The maximum atomic E-state index is 11.4. The number of nitrogens with two attached hydrogens (primary N) is 1. The predicted molar refractivity (Wildman–Crippen MR) is 67.9 cm³/mol. The molecule has 92 valence electrons. The van der Waals surface area contributed by atoms with Crippen molar-refractivity contribution in [3.63, 3.8) is 0 Å². The third kappa shape index (κ3) is 3.39. The maximum absolute atomic E-state index is 11.4. The molecule has 0 spiro atoms. The van der Waals surface area contributed by atoms with Gasteiger partial charge in [0.05, 0.1) is 30.6 Å². The highest BCUT2D eigenvalue weighted by atomic mass is 35.5. The van der Waals surface area contributed by atoms with Gasteiger partial charge in [0.2, 0.25) is 0 Å². The van der Waals surface area contributed by atoms with Crippen LogP contribution in [-0.2, 0) is 9.47 Å². The molecule has 0 saturated heterocycles. The molecule has 2 N–H and O–H groups in total. The Kier molecular flexibility index (Phi) is 4.84. The van der Waals surface area contributed by atoms with Crippen LogP contribution in [0.15, 0.2) is 18.4 Å². The van der Waals surface area contributed by atoms with E-state index in [1.165, 1.54) is 19.4 Å². The molecule has 0 atom stereocenters. The SMILES string of the molecule is CCOC=Cc1cc(C(=O)OC)c(Cl)cc1N. The summed E-state index contributed by atoms with van der Waals surface area (Å²) in [6.45, 7) is 2.43. The Balaban J connectivity index is 3.10. The summed E-state index contributed by atoms with van der Waals surface area (Å²) in [4.78, 5) is 11.4. The molecule has 0 fully saturated rings. The Morgan fingerprint density at radius 2 is 2.24 bits per heavy atom. The number of esters is 1. The summed E-state index contributed by atoms with van der Waals surface area (Å²) in [6.07, 6.45) is 3.18. The largest absolute Gasteiger partial charge is 0.501 e. The van der Waals surface area contributed by atoms with Gasteiger partial charge >= 0.3 is 5.97 Å². The van der Waals surface area contributed by atoms with Crippen molar-refractivity contribution in [2.45, 2.75) is 6.92 Å². The number of anilines is 1. The lowest BCUT2D eigenvalue weighted by atomic mass is 10.1. The highest BCUT2D eigenvalue weighted by Crippen LogP contribution is 2.25. The smallest absolute Gasteiger partial charge is 0.339 e. The lowest BCUT2D eigenvalue weighted by Crippen LogP contribution is -2.04. The van der Waals surface area contributed by atoms with Crippen LogP contribution in [0.1, 0.15) is 22.8 Å². The normalized spacial score (nSPS) is 10.5. The molecule has 5 heteroatoms. The van der Waals surface area contributed by atoms with Gasteiger partial charge in [-0.2, -0.15) is 0 Å². The van der Waals surface area contributed by atoms with Crippen molar-refractivity contribution in [2.75, 3.05) is 19.5 Å². The summed E-state index contributed by atoms with van der Waals surface area (Å²) in [6, 6.07) is 3.08. The molecule has 1 aromatic carbocycles. The molecule has 0 amide bonds. The van der Waals surface area contributed by atoms with Gasteiger partial charge < -0.3 is 15.2 Å². The van der Waals surface area contributed by atoms with Crippen LogP contribution in [0.5, 0.6) is 0 Å². The van der Waals surface area contributed by atoms with Crippen molar-refractivity contribution < 1.29 is 14.3 Å². The summed E-state index contributed by atoms with van der Waals surface area (Å²) in [7, 11) is 1.30. The number of hydrogen-bond acceptors (Lipinski definition) is 4. The first-order chi connectivity index (χ1) is 8.10. The molecule has 0 saturated carbocycles. The number of carbonyl (C=O) groups is 1. The summed E-state index contributed by atoms with van der Waals surface area (Å²) >= 11 is 5.90. The van der Waals surface area contributed by atoms with E-state index >= 15 is 0 Å². The number of benzene rings is 1. The zero-order chi connectivity index (χ0) is 12.8. The van der Waals surface area contributed by atoms with Gasteiger partial charge in [-0.05, 0) is 25.1 Å². The fourth-order valence-electron chi connectivity index (χ4n) is 1.23. The molecule has 0 unspecified atom stereocenters. The highest BCUT2D eigenvalue weighted by molar-refractivity contribution is 6.34. The van der Waals surface area contributed by atoms with E-state index in [9.17, 15) is 4.79 Å². The Morgan fingerprint density at radius 1 is 1.53 bits per heavy atom. The van der Waals surface area contributed by atoms with Crippen molar-refractivity contribution in [3.05, 3.63) is 34.5 Å². The average molecular weight is 256 g/mol. The van der Waals surface area contributed by atoms with E-state index < -0.39 is 5.97 Å². The molecular formula is C12H14ClNO3. The molecule has 0 heterocycles. The first-order valence-electron chi connectivity index (χ1n) is 5.05. The van der Waals surface area contributed by atoms with Gasteiger partial charge in [-0.3, -0.25) is 0 Å². The summed E-state index contributed by atoms with van der Waals surface area (Å²) in [5.41, 5.74) is 7.17. The van der Waals surface area contributed by atoms with Crippen LogP contribution < -0.4 is 5.73 Å². The second-order valence-corrected chi connectivity index (χ2v) is 3.62. The van der Waals surface area contributed by atoms with Crippen LogP contribution in [0.25, 0.3) is 6.08 Å². The third-order valence-electron chi connectivity index (χ3n) is 2.09. The zero-order valence-corrected chi connectivity index (χ0v) is 10.5. The Hall–Kier alpha value is -1.68. The summed E-state index contributed by atoms with van der Waals surface area (Å²) in [5.74, 6) is -0.499. The van der Waals surface area contributed by atoms with Gasteiger partial charge in [-0.1, -0.05) is 11.6 Å². The van der Waals surface area contributed by atoms with Crippen LogP contribution >= 0.6 is 11.6 Å². The number of nitrogen functional groups attached to an aromatic ring is 1. The fourth-order valence-corrected chi connectivity index (χ4v) is 1.48. The monoisotopic (exact) mass is 255 g/mol. The highest BCUT2D eigenvalue weighted by Gasteiger charge is 2.12. The van der Waals surface area contributed by atoms with Gasteiger partial charge in [0.25, 0.3) is 0 Å². The molecule has 0 aliphatic heterocycles. The van der Waals surface area contributed by atoms with E-state index in [1.807, 2.05) is 6.92 Å². The number of methoxy groups -OCH3 is 1. The number of ether oxygens (including phenoxy) is 2. The number of halogens is 1. The second-order valence-electron chi connectivity index (χ2n) is 3.21. The first-order valence-corrected chi connectivity index (χ1v) is 5.43. The fraction of sp³-hybridized carbons (Fsp3) is 0.250. The van der Waals surface area contributed by atoms with E-state index in [0.29, 0.717) is 17.9 Å². The minimum absolute atomic E-state index is 0.267. The lowest BCUT2D eigenvalue weighted by molar-refractivity contribution is 0.0601. The molecule has 0 bridgehead atoms. The average Bonchev–Trinajstić information content (AvgIpc) is 2.31. The molecule has 0 aliphatic rings. The van der Waals surface area contributed by atoms with Gasteiger partial charge in [0, 0.05) is 11.3 Å². The molecule has 1 rings (SSSR count). The van der Waals surface area contributed by atoms with E-state index in [4.69, 9.17) is 22.1 Å². The minimum Gasteiger partial charge on any atom is -0.501 e. The molecule has 0 aliphatic carbocycles. The number of carbonyl (C=O) groups excluding carboxylic acids is 1. The van der Waals surface area contributed by atoms with E-state index in [1.54, 1.807) is 12.1 Å². The van der Waals surface area contributed by atoms with Crippen molar-refractivity contribution in [1.29, 1.82) is 0 Å². The maximum Gasteiger partial charge on any atom is 0.339 e. The second kappa shape index (κ2) is 6.15. The van der Waals surface area contributed by atoms with Crippen LogP contribution in [0.4, 0.5) is 5.69 Å².